The first-order chi connectivity index (χ1) is 11.4. The van der Waals surface area contributed by atoms with E-state index in [1.54, 1.807) is 12.1 Å². The molecule has 5 nitrogen and oxygen atoms in total. The summed E-state index contributed by atoms with van der Waals surface area (Å²) in [5, 5.41) is 1.12. The molecule has 1 aromatic carbocycles. The van der Waals surface area contributed by atoms with Crippen LogP contribution in [0.1, 0.15) is 42.1 Å². The van der Waals surface area contributed by atoms with Gasteiger partial charge in [-0.3, -0.25) is 9.59 Å². The van der Waals surface area contributed by atoms with Crippen LogP contribution in [-0.2, 0) is 25.8 Å². The van der Waals surface area contributed by atoms with E-state index in [0.717, 1.165) is 24.7 Å². The fourth-order valence-corrected chi connectivity index (χ4v) is 3.91. The van der Waals surface area contributed by atoms with Crippen LogP contribution in [0.2, 0.25) is 0 Å². The van der Waals surface area contributed by atoms with Crippen molar-refractivity contribution in [1.29, 1.82) is 0 Å². The zero-order valence-electron chi connectivity index (χ0n) is 13.7. The molecule has 1 aliphatic heterocycles. The highest BCUT2D eigenvalue weighted by atomic mass is 32.2. The van der Waals surface area contributed by atoms with Gasteiger partial charge in [-0.1, -0.05) is 43.7 Å². The van der Waals surface area contributed by atoms with E-state index in [4.69, 9.17) is 4.74 Å². The standard InChI is InChI=1S/C18H22O5S/c1-2-3-4-14-5-7-16(8-6-14)17(19)12-23-18(20)11-15-9-10-24(21,22)13-15/h5-10,15H,2-4,11-13H2,1H3. The number of allylic oxidation sites excluding steroid dienone is 1. The number of esters is 1. The van der Waals surface area contributed by atoms with Crippen LogP contribution >= 0.6 is 0 Å². The van der Waals surface area contributed by atoms with Crippen LogP contribution in [-0.4, -0.2) is 32.5 Å². The summed E-state index contributed by atoms with van der Waals surface area (Å²) in [6.07, 6.45) is 4.68. The highest BCUT2D eigenvalue weighted by Gasteiger charge is 2.24. The lowest BCUT2D eigenvalue weighted by Gasteiger charge is -2.08. The van der Waals surface area contributed by atoms with Crippen molar-refractivity contribution in [1.82, 2.24) is 0 Å². The molecule has 0 saturated carbocycles. The summed E-state index contributed by atoms with van der Waals surface area (Å²) in [5.74, 6) is -1.26. The Morgan fingerprint density at radius 2 is 1.92 bits per heavy atom. The Hall–Kier alpha value is -1.95. The number of carbonyl (C=O) groups is 2. The molecule has 130 valence electrons. The van der Waals surface area contributed by atoms with Gasteiger partial charge in [0, 0.05) is 16.9 Å². The topological polar surface area (TPSA) is 77.5 Å². The molecule has 0 amide bonds. The van der Waals surface area contributed by atoms with Crippen molar-refractivity contribution in [2.75, 3.05) is 12.4 Å². The Bertz CT molecular complexity index is 716. The van der Waals surface area contributed by atoms with Gasteiger partial charge in [-0.05, 0) is 18.4 Å². The van der Waals surface area contributed by atoms with Crippen molar-refractivity contribution < 1.29 is 22.7 Å². The van der Waals surface area contributed by atoms with E-state index in [2.05, 4.69) is 6.92 Å². The maximum atomic E-state index is 12.0. The van der Waals surface area contributed by atoms with E-state index in [1.807, 2.05) is 12.1 Å². The summed E-state index contributed by atoms with van der Waals surface area (Å²) in [6.45, 7) is 1.80. The Balaban J connectivity index is 1.78. The summed E-state index contributed by atoms with van der Waals surface area (Å²) in [5.41, 5.74) is 1.69. The first kappa shape index (κ1) is 18.4. The van der Waals surface area contributed by atoms with E-state index >= 15 is 0 Å². The van der Waals surface area contributed by atoms with Crippen molar-refractivity contribution in [2.45, 2.75) is 32.6 Å². The SMILES string of the molecule is CCCCc1ccc(C(=O)COC(=O)CC2C=CS(=O)(=O)C2)cc1. The second-order valence-corrected chi connectivity index (χ2v) is 7.94. The van der Waals surface area contributed by atoms with Gasteiger partial charge in [-0.2, -0.15) is 0 Å². The Labute approximate surface area is 142 Å². The second-order valence-electron chi connectivity index (χ2n) is 6.01. The molecule has 1 aromatic rings. The summed E-state index contributed by atoms with van der Waals surface area (Å²) >= 11 is 0. The van der Waals surface area contributed by atoms with Gasteiger partial charge in [0.2, 0.25) is 0 Å². The van der Waals surface area contributed by atoms with Gasteiger partial charge in [-0.15, -0.1) is 0 Å². The van der Waals surface area contributed by atoms with E-state index in [1.165, 1.54) is 11.6 Å². The Kier molecular flexibility index (Phi) is 6.31. The molecule has 2 rings (SSSR count). The Morgan fingerprint density at radius 3 is 2.50 bits per heavy atom. The minimum Gasteiger partial charge on any atom is -0.457 e. The number of benzene rings is 1. The molecule has 24 heavy (non-hydrogen) atoms. The van der Waals surface area contributed by atoms with Gasteiger partial charge in [0.15, 0.2) is 22.2 Å². The molecule has 0 aromatic heterocycles. The van der Waals surface area contributed by atoms with Crippen molar-refractivity contribution in [3.8, 4) is 0 Å². The number of Topliss-reactive ketones (excluding diaryl/α,β-unsaturated/α-hetero) is 1. The summed E-state index contributed by atoms with van der Waals surface area (Å²) in [4.78, 5) is 23.7. The highest BCUT2D eigenvalue weighted by molar-refractivity contribution is 7.94. The van der Waals surface area contributed by atoms with Crippen LogP contribution in [0, 0.1) is 5.92 Å². The van der Waals surface area contributed by atoms with Gasteiger partial charge >= 0.3 is 5.97 Å². The number of sulfone groups is 1. The molecular weight excluding hydrogens is 328 g/mol. The third-order valence-electron chi connectivity index (χ3n) is 3.89. The minimum atomic E-state index is -3.18. The number of aryl methyl sites for hydroxylation is 1. The monoisotopic (exact) mass is 350 g/mol. The first-order valence-corrected chi connectivity index (χ1v) is 9.80. The van der Waals surface area contributed by atoms with Crippen LogP contribution in [0.15, 0.2) is 35.7 Å². The minimum absolute atomic E-state index is 0.0288. The molecule has 0 radical (unpaired) electrons. The van der Waals surface area contributed by atoms with Crippen molar-refractivity contribution >= 4 is 21.6 Å². The number of hydrogen-bond acceptors (Lipinski definition) is 5. The molecule has 1 atom stereocenters. The predicted octanol–water partition coefficient (Wildman–Crippen LogP) is 2.70. The summed E-state index contributed by atoms with van der Waals surface area (Å²) in [6, 6.07) is 7.32. The quantitative estimate of drug-likeness (QED) is 0.532. The highest BCUT2D eigenvalue weighted by Crippen LogP contribution is 2.18. The fourth-order valence-electron chi connectivity index (χ4n) is 2.51. The molecule has 0 aliphatic carbocycles. The van der Waals surface area contributed by atoms with Crippen LogP contribution in [0.3, 0.4) is 0 Å². The van der Waals surface area contributed by atoms with E-state index < -0.39 is 15.8 Å². The van der Waals surface area contributed by atoms with E-state index in [-0.39, 0.29) is 30.5 Å². The zero-order valence-corrected chi connectivity index (χ0v) is 14.6. The van der Waals surface area contributed by atoms with Crippen LogP contribution in [0.25, 0.3) is 0 Å². The van der Waals surface area contributed by atoms with Crippen LogP contribution < -0.4 is 0 Å². The largest absolute Gasteiger partial charge is 0.457 e. The molecule has 1 aliphatic rings. The number of rotatable bonds is 8. The van der Waals surface area contributed by atoms with Gasteiger partial charge < -0.3 is 4.74 Å². The number of hydrogen-bond donors (Lipinski definition) is 0. The smallest absolute Gasteiger partial charge is 0.306 e. The maximum Gasteiger partial charge on any atom is 0.306 e. The molecule has 0 spiro atoms. The maximum absolute atomic E-state index is 12.0. The van der Waals surface area contributed by atoms with Gasteiger partial charge in [0.25, 0.3) is 0 Å². The third-order valence-corrected chi connectivity index (χ3v) is 5.36. The fraction of sp³-hybridized carbons (Fsp3) is 0.444. The molecule has 0 saturated heterocycles. The number of unbranched alkanes of at least 4 members (excludes halogenated alkanes) is 1. The van der Waals surface area contributed by atoms with Crippen LogP contribution in [0.4, 0.5) is 0 Å². The number of carbonyl (C=O) groups excluding carboxylic acids is 2. The number of ketones is 1. The lowest BCUT2D eigenvalue weighted by molar-refractivity contribution is -0.143. The van der Waals surface area contributed by atoms with Crippen LogP contribution in [0.5, 0.6) is 0 Å². The van der Waals surface area contributed by atoms with Gasteiger partial charge in [0.05, 0.1) is 12.2 Å². The third kappa shape index (κ3) is 5.60. The molecule has 0 bridgehead atoms. The van der Waals surface area contributed by atoms with Gasteiger partial charge in [-0.25, -0.2) is 8.42 Å². The van der Waals surface area contributed by atoms with Crippen molar-refractivity contribution in [3.05, 3.63) is 46.9 Å². The molecule has 1 heterocycles. The molecule has 0 N–H and O–H groups in total. The molecule has 1 unspecified atom stereocenters. The summed E-state index contributed by atoms with van der Waals surface area (Å²) in [7, 11) is -3.18. The first-order valence-electron chi connectivity index (χ1n) is 8.08. The van der Waals surface area contributed by atoms with Crippen molar-refractivity contribution in [3.63, 3.8) is 0 Å². The van der Waals surface area contributed by atoms with Gasteiger partial charge in [0.1, 0.15) is 0 Å². The zero-order chi connectivity index (χ0) is 17.6. The predicted molar refractivity (Wildman–Crippen MR) is 91.4 cm³/mol. The average Bonchev–Trinajstić information content (AvgIpc) is 2.89. The van der Waals surface area contributed by atoms with Crippen molar-refractivity contribution in [2.24, 2.45) is 5.92 Å². The molecular formula is C18H22O5S. The summed E-state index contributed by atoms with van der Waals surface area (Å²) < 4.78 is 27.5. The lowest BCUT2D eigenvalue weighted by Crippen LogP contribution is -2.17. The number of ether oxygens (including phenoxy) is 1. The van der Waals surface area contributed by atoms with E-state index in [0.29, 0.717) is 5.56 Å². The second kappa shape index (κ2) is 8.24. The Morgan fingerprint density at radius 1 is 1.21 bits per heavy atom. The molecule has 6 heteroatoms. The average molecular weight is 350 g/mol. The van der Waals surface area contributed by atoms with E-state index in [9.17, 15) is 18.0 Å². The lowest BCUT2D eigenvalue weighted by atomic mass is 10.0. The molecule has 0 fully saturated rings. The normalized spacial score (nSPS) is 18.5.